The Morgan fingerprint density at radius 1 is 1.05 bits per heavy atom. The highest BCUT2D eigenvalue weighted by molar-refractivity contribution is 5.95. The van der Waals surface area contributed by atoms with E-state index in [1.807, 2.05) is 18.2 Å². The highest BCUT2D eigenvalue weighted by Crippen LogP contribution is 2.29. The van der Waals surface area contributed by atoms with Gasteiger partial charge in [-0.3, -0.25) is 19.2 Å². The summed E-state index contributed by atoms with van der Waals surface area (Å²) in [5.41, 5.74) is 2.01. The van der Waals surface area contributed by atoms with Gasteiger partial charge in [-0.25, -0.2) is 4.63 Å². The number of hydrogen-bond acceptors (Lipinski definition) is 10. The Balaban J connectivity index is 1.30. The molecule has 14 nitrogen and oxygen atoms in total. The van der Waals surface area contributed by atoms with Gasteiger partial charge < -0.3 is 35.1 Å². The van der Waals surface area contributed by atoms with Crippen LogP contribution in [0.5, 0.6) is 17.2 Å². The minimum Gasteiger partial charge on any atom is -0.493 e. The number of likely N-dealkylation sites (tertiary alicyclic amines) is 1. The maximum absolute atomic E-state index is 13.0. The molecular weight excluding hydrogens is 560 g/mol. The van der Waals surface area contributed by atoms with Gasteiger partial charge in [-0.1, -0.05) is 23.4 Å². The predicted octanol–water partition coefficient (Wildman–Crippen LogP) is 0.532. The van der Waals surface area contributed by atoms with E-state index in [4.69, 9.17) is 14.2 Å². The molecule has 226 valence electrons. The van der Waals surface area contributed by atoms with E-state index in [-0.39, 0.29) is 56.1 Å². The Labute approximate surface area is 247 Å². The number of aromatic nitrogens is 2. The van der Waals surface area contributed by atoms with Crippen LogP contribution in [-0.4, -0.2) is 84.3 Å². The molecule has 2 atom stereocenters. The smallest absolute Gasteiger partial charge is 0.275 e. The van der Waals surface area contributed by atoms with Gasteiger partial charge in [0.15, 0.2) is 23.8 Å². The summed E-state index contributed by atoms with van der Waals surface area (Å²) in [4.78, 5) is 52.3. The maximum atomic E-state index is 13.0. The molecule has 8 rings (SSSR count). The van der Waals surface area contributed by atoms with E-state index in [0.717, 1.165) is 11.1 Å². The number of hydrogen-bond donors (Lipinski definition) is 3. The second-order valence-corrected chi connectivity index (χ2v) is 10.2. The fourth-order valence-electron chi connectivity index (χ4n) is 4.80. The van der Waals surface area contributed by atoms with Gasteiger partial charge in [0.1, 0.15) is 17.5 Å². The first-order valence-electron chi connectivity index (χ1n) is 13.8. The first kappa shape index (κ1) is 29.4. The Hall–Kier alpha value is -5.14. The quantitative estimate of drug-likeness (QED) is 0.388. The second-order valence-electron chi connectivity index (χ2n) is 10.2. The van der Waals surface area contributed by atoms with Crippen molar-refractivity contribution in [1.29, 1.82) is 0 Å². The highest BCUT2D eigenvalue weighted by atomic mass is 16.6. The Morgan fingerprint density at radius 3 is 2.58 bits per heavy atom. The number of carbonyl (C=O) groups is 4. The molecule has 4 bridgehead atoms. The number of nitrogens with zero attached hydrogens (tertiary/aromatic N) is 3. The largest absolute Gasteiger partial charge is 0.493 e. The molecule has 3 aromatic rings. The Bertz CT molecular complexity index is 1490. The van der Waals surface area contributed by atoms with Crippen molar-refractivity contribution < 1.29 is 38.0 Å². The number of ether oxygens (including phenoxy) is 3. The summed E-state index contributed by atoms with van der Waals surface area (Å²) in [5.74, 6) is -0.0116. The van der Waals surface area contributed by atoms with Crippen molar-refractivity contribution in [2.75, 3.05) is 33.4 Å². The molecule has 0 spiro atoms. The number of rotatable bonds is 4. The van der Waals surface area contributed by atoms with Gasteiger partial charge in [0.05, 0.1) is 26.2 Å². The number of benzene rings is 2. The van der Waals surface area contributed by atoms with Crippen LogP contribution in [-0.2, 0) is 27.3 Å². The average molecular weight is 593 g/mol. The van der Waals surface area contributed by atoms with Crippen molar-refractivity contribution in [2.24, 2.45) is 0 Å². The molecule has 2 aromatic carbocycles. The first-order chi connectivity index (χ1) is 20.8. The number of amides is 4. The molecule has 5 aliphatic rings. The molecule has 5 aliphatic heterocycles. The van der Waals surface area contributed by atoms with Crippen LogP contribution in [0.1, 0.15) is 33.7 Å². The van der Waals surface area contributed by atoms with Crippen LogP contribution in [0.3, 0.4) is 0 Å². The predicted molar refractivity (Wildman–Crippen MR) is 149 cm³/mol. The molecule has 0 saturated carbocycles. The van der Waals surface area contributed by atoms with Crippen LogP contribution < -0.4 is 30.2 Å². The third-order valence-electron chi connectivity index (χ3n) is 7.16. The number of aryl methyl sites for hydroxylation is 2. The van der Waals surface area contributed by atoms with Gasteiger partial charge in [0.25, 0.3) is 11.8 Å². The monoisotopic (exact) mass is 592 g/mol. The van der Waals surface area contributed by atoms with Crippen molar-refractivity contribution in [3.8, 4) is 17.2 Å². The molecule has 3 N–H and O–H groups in total. The fraction of sp³-hybridized carbons (Fsp3) is 0.379. The van der Waals surface area contributed by atoms with E-state index in [2.05, 4.69) is 30.9 Å². The van der Waals surface area contributed by atoms with E-state index in [1.54, 1.807) is 31.2 Å². The second kappa shape index (κ2) is 13.2. The van der Waals surface area contributed by atoms with Gasteiger partial charge in [0, 0.05) is 19.5 Å². The summed E-state index contributed by atoms with van der Waals surface area (Å²) in [6, 6.07) is 12.0. The first-order valence-corrected chi connectivity index (χ1v) is 13.8. The summed E-state index contributed by atoms with van der Waals surface area (Å²) in [6.45, 7) is 1.79. The van der Waals surface area contributed by atoms with Crippen LogP contribution >= 0.6 is 0 Å². The molecule has 1 aromatic heterocycles. The van der Waals surface area contributed by atoms with E-state index in [1.165, 1.54) is 12.0 Å². The molecule has 14 heteroatoms. The molecular formula is C29H32N6O8. The number of nitrogens with one attached hydrogen (secondary N) is 3. The highest BCUT2D eigenvalue weighted by Gasteiger charge is 2.38. The minimum atomic E-state index is -0.577. The SMILES string of the molecule is COc1cc2ccc1OCC(=O)NCc1ccc(cc1)O[C@H]1CN(C(=O)CNC(=O)c3nonc3C)C[C@@H]1NC(=O)CC2. The van der Waals surface area contributed by atoms with Crippen molar-refractivity contribution >= 4 is 23.6 Å². The number of methoxy groups -OCH3 is 1. The third kappa shape index (κ3) is 7.39. The minimum absolute atomic E-state index is 0.00461. The van der Waals surface area contributed by atoms with Gasteiger partial charge in [0.2, 0.25) is 11.8 Å². The summed E-state index contributed by atoms with van der Waals surface area (Å²) in [5, 5.41) is 15.5. The molecule has 4 amide bonds. The lowest BCUT2D eigenvalue weighted by Gasteiger charge is -2.21. The molecule has 0 aliphatic carbocycles. The summed E-state index contributed by atoms with van der Waals surface area (Å²) < 4.78 is 21.9. The van der Waals surface area contributed by atoms with Crippen molar-refractivity contribution in [3.63, 3.8) is 0 Å². The fourth-order valence-corrected chi connectivity index (χ4v) is 4.80. The van der Waals surface area contributed by atoms with E-state index >= 15 is 0 Å². The van der Waals surface area contributed by atoms with Crippen LogP contribution in [0, 0.1) is 6.92 Å². The van der Waals surface area contributed by atoms with Crippen molar-refractivity contribution in [2.45, 2.75) is 38.5 Å². The maximum Gasteiger partial charge on any atom is 0.275 e. The lowest BCUT2D eigenvalue weighted by atomic mass is 10.1. The Kier molecular flexibility index (Phi) is 9.03. The van der Waals surface area contributed by atoms with Crippen LogP contribution in [0.4, 0.5) is 0 Å². The van der Waals surface area contributed by atoms with Gasteiger partial charge >= 0.3 is 0 Å². The lowest BCUT2D eigenvalue weighted by molar-refractivity contribution is -0.129. The van der Waals surface area contributed by atoms with E-state index < -0.39 is 18.1 Å². The zero-order valence-corrected chi connectivity index (χ0v) is 23.8. The molecule has 0 unspecified atom stereocenters. The van der Waals surface area contributed by atoms with Crippen molar-refractivity contribution in [1.82, 2.24) is 31.2 Å². The van der Waals surface area contributed by atoms with E-state index in [9.17, 15) is 19.2 Å². The molecule has 6 heterocycles. The topological polar surface area (TPSA) is 174 Å². The third-order valence-corrected chi connectivity index (χ3v) is 7.16. The standard InChI is InChI=1S/C29H32N6O8/c1-17-28(34-43-33-17)29(39)31-13-27(38)35-14-21-24(15-35)42-20-7-3-19(4-8-20)12-30-26(37)16-41-22-9-5-18(11-23(22)40-2)6-10-25(36)32-21/h3-5,7-9,11,21,24H,6,10,12-16H2,1-2H3,(H,30,37)(H,31,39)(H,32,36)/t21-,24-/m0/s1. The van der Waals surface area contributed by atoms with Gasteiger partial charge in [-0.15, -0.1) is 0 Å². The van der Waals surface area contributed by atoms with Gasteiger partial charge in [-0.2, -0.15) is 0 Å². The van der Waals surface area contributed by atoms with E-state index in [0.29, 0.717) is 35.9 Å². The molecule has 1 fully saturated rings. The zero-order chi connectivity index (χ0) is 30.3. The molecule has 43 heavy (non-hydrogen) atoms. The Morgan fingerprint density at radius 2 is 1.84 bits per heavy atom. The molecule has 0 radical (unpaired) electrons. The van der Waals surface area contributed by atoms with Crippen LogP contribution in [0.2, 0.25) is 0 Å². The average Bonchev–Trinajstić information content (AvgIpc) is 3.62. The van der Waals surface area contributed by atoms with Crippen LogP contribution in [0.25, 0.3) is 0 Å². The summed E-state index contributed by atoms with van der Waals surface area (Å²) in [7, 11) is 1.51. The molecule has 1 saturated heterocycles. The van der Waals surface area contributed by atoms with Gasteiger partial charge in [-0.05, 0) is 53.9 Å². The zero-order valence-electron chi connectivity index (χ0n) is 23.8. The van der Waals surface area contributed by atoms with Crippen molar-refractivity contribution in [3.05, 3.63) is 65.0 Å². The van der Waals surface area contributed by atoms with Crippen LogP contribution in [0.15, 0.2) is 47.1 Å². The summed E-state index contributed by atoms with van der Waals surface area (Å²) >= 11 is 0. The summed E-state index contributed by atoms with van der Waals surface area (Å²) in [6.07, 6.45) is 0.0603. The normalized spacial score (nSPS) is 19.0. The number of carbonyl (C=O) groups excluding carboxylic acids is 4. The lowest BCUT2D eigenvalue weighted by Crippen LogP contribution is -2.45.